The summed E-state index contributed by atoms with van der Waals surface area (Å²) in [6, 6.07) is 0. The van der Waals surface area contributed by atoms with E-state index in [2.05, 4.69) is 34.0 Å². The molecule has 3 heterocycles. The number of aliphatic hydroxyl groups excluding tert-OH is 1. The number of fused-ring (bicyclic) bond motifs is 1. The lowest BCUT2D eigenvalue weighted by atomic mass is 9.99. The van der Waals surface area contributed by atoms with E-state index in [0.717, 1.165) is 0 Å². The van der Waals surface area contributed by atoms with Crippen molar-refractivity contribution in [1.29, 1.82) is 0 Å². The second-order valence-electron chi connectivity index (χ2n) is 6.36. The lowest BCUT2D eigenvalue weighted by molar-refractivity contribution is -0.0428. The average Bonchev–Trinajstić information content (AvgIpc) is 3.16. The van der Waals surface area contributed by atoms with Crippen LogP contribution in [0, 0.1) is 12.3 Å². The quantitative estimate of drug-likeness (QED) is 0.139. The molecule has 21 heteroatoms. The molecule has 6 atom stereocenters. The number of hydrogen-bond acceptors (Lipinski definition) is 12. The van der Waals surface area contributed by atoms with Crippen molar-refractivity contribution in [2.45, 2.75) is 23.3 Å². The number of rotatable bonds is 8. The second-order valence-corrected chi connectivity index (χ2v) is 11.4. The molecule has 3 rings (SSSR count). The number of anilines is 1. The van der Waals surface area contributed by atoms with Crippen molar-refractivity contribution < 1.29 is 56.3 Å². The van der Waals surface area contributed by atoms with Crippen molar-refractivity contribution >= 4 is 52.2 Å². The van der Waals surface area contributed by atoms with Gasteiger partial charge >= 0.3 is 23.5 Å². The van der Waals surface area contributed by atoms with Gasteiger partial charge in [0.1, 0.15) is 17.7 Å². The summed E-state index contributed by atoms with van der Waals surface area (Å²) < 4.78 is 52.5. The Bertz CT molecular complexity index is 1250. The normalized spacial score (nSPS) is 29.4. The SMILES string of the molecule is C#C[C@@]1(Cl)C(O)[C@@H](COP(=O)(O)OP(=O)(O)OP(=O)(O)O)O[C@H]1n1cnc2cnc(N)nc21. The molecule has 1 fully saturated rings. The molecular formula is C12H15ClN5O12P3. The topological polar surface area (TPSA) is 259 Å². The summed E-state index contributed by atoms with van der Waals surface area (Å²) in [5.74, 6) is 2.04. The highest BCUT2D eigenvalue weighted by Gasteiger charge is 2.56. The molecule has 0 aromatic carbocycles. The molecule has 17 nitrogen and oxygen atoms in total. The van der Waals surface area contributed by atoms with E-state index in [1.807, 2.05) is 0 Å². The molecule has 0 bridgehead atoms. The summed E-state index contributed by atoms with van der Waals surface area (Å²) in [5.41, 5.74) is 5.97. The minimum atomic E-state index is -5.73. The number of imidazole rings is 1. The Balaban J connectivity index is 1.79. The van der Waals surface area contributed by atoms with Gasteiger partial charge in [-0.1, -0.05) is 17.5 Å². The minimum absolute atomic E-state index is 0.118. The number of terminal acetylenes is 1. The Morgan fingerprint density at radius 1 is 1.24 bits per heavy atom. The van der Waals surface area contributed by atoms with Gasteiger partial charge in [0, 0.05) is 0 Å². The van der Waals surface area contributed by atoms with Crippen LogP contribution in [0.2, 0.25) is 0 Å². The number of nitrogens with two attached hydrogens (primary N) is 1. The number of phosphoric ester groups is 1. The Morgan fingerprint density at radius 2 is 1.91 bits per heavy atom. The van der Waals surface area contributed by atoms with Crippen LogP contribution in [0.3, 0.4) is 0 Å². The van der Waals surface area contributed by atoms with Gasteiger partial charge in [0.2, 0.25) is 5.95 Å². The fraction of sp³-hybridized carbons (Fsp3) is 0.417. The maximum Gasteiger partial charge on any atom is 0.490 e. The number of alkyl halides is 1. The molecule has 0 spiro atoms. The van der Waals surface area contributed by atoms with E-state index >= 15 is 0 Å². The zero-order chi connectivity index (χ0) is 24.8. The van der Waals surface area contributed by atoms with Gasteiger partial charge in [-0.25, -0.2) is 23.7 Å². The first-order valence-electron chi connectivity index (χ1n) is 8.30. The van der Waals surface area contributed by atoms with Crippen LogP contribution >= 0.6 is 35.1 Å². The van der Waals surface area contributed by atoms with E-state index in [-0.39, 0.29) is 17.1 Å². The fourth-order valence-corrected chi connectivity index (χ4v) is 6.12. The molecule has 3 unspecified atom stereocenters. The average molecular weight is 550 g/mol. The number of nitrogens with zero attached hydrogens (tertiary/aromatic N) is 4. The maximum atomic E-state index is 11.9. The van der Waals surface area contributed by atoms with Crippen LogP contribution in [0.15, 0.2) is 12.5 Å². The van der Waals surface area contributed by atoms with Gasteiger partial charge in [-0.3, -0.25) is 9.09 Å². The molecule has 2 aromatic rings. The molecule has 0 radical (unpaired) electrons. The van der Waals surface area contributed by atoms with Crippen molar-refractivity contribution in [2.75, 3.05) is 12.3 Å². The standard InChI is InChI=1S/C12H15ClN5O12P3/c1-2-12(13)8(19)7(4-27-32(23,24)30-33(25,26)29-31(20,21)22)28-10(12)18-5-16-6-3-15-11(14)17-9(6)18/h1,3,5,7-8,10,19H,4H2,(H,23,24)(H,25,26)(H2,14,15,17)(H2,20,21,22)/t7-,8?,10-,12-/m1/s1. The van der Waals surface area contributed by atoms with Crippen LogP contribution in [-0.2, 0) is 31.6 Å². The molecule has 1 aliphatic rings. The monoisotopic (exact) mass is 549 g/mol. The fourth-order valence-electron chi connectivity index (χ4n) is 2.79. The molecule has 0 saturated carbocycles. The summed E-state index contributed by atoms with van der Waals surface area (Å²) in [7, 11) is -16.8. The number of ether oxygens (including phenoxy) is 1. The number of halogens is 1. The highest BCUT2D eigenvalue weighted by atomic mass is 35.5. The number of phosphoric acid groups is 3. The Hall–Kier alpha value is -1.47. The van der Waals surface area contributed by atoms with E-state index in [1.54, 1.807) is 0 Å². The molecule has 7 N–H and O–H groups in total. The van der Waals surface area contributed by atoms with Gasteiger partial charge in [0.15, 0.2) is 16.7 Å². The summed E-state index contributed by atoms with van der Waals surface area (Å²) in [6.45, 7) is -0.985. The first-order chi connectivity index (χ1) is 15.1. The number of hydrogen-bond donors (Lipinski definition) is 6. The van der Waals surface area contributed by atoms with E-state index in [1.165, 1.54) is 17.1 Å². The third-order valence-electron chi connectivity index (χ3n) is 4.07. The molecule has 182 valence electrons. The summed E-state index contributed by atoms with van der Waals surface area (Å²) >= 11 is 6.38. The largest absolute Gasteiger partial charge is 0.490 e. The zero-order valence-corrected chi connectivity index (χ0v) is 19.3. The van der Waals surface area contributed by atoms with Gasteiger partial charge in [0.05, 0.1) is 19.1 Å². The molecule has 0 aliphatic carbocycles. The number of nitrogen functional groups attached to an aromatic ring is 1. The summed E-state index contributed by atoms with van der Waals surface area (Å²) in [5, 5.41) is 10.6. The van der Waals surface area contributed by atoms with Crippen LogP contribution < -0.4 is 5.73 Å². The number of aromatic nitrogens is 4. The summed E-state index contributed by atoms with van der Waals surface area (Å²) in [6.07, 6.45) is 3.39. The van der Waals surface area contributed by atoms with Crippen LogP contribution in [0.1, 0.15) is 6.23 Å². The first kappa shape index (κ1) is 26.1. The van der Waals surface area contributed by atoms with E-state index in [4.69, 9.17) is 38.3 Å². The third kappa shape index (κ3) is 5.79. The molecule has 2 aromatic heterocycles. The van der Waals surface area contributed by atoms with Gasteiger partial charge in [0.25, 0.3) is 0 Å². The lowest BCUT2D eigenvalue weighted by Gasteiger charge is -2.25. The molecule has 33 heavy (non-hydrogen) atoms. The Morgan fingerprint density at radius 3 is 2.52 bits per heavy atom. The summed E-state index contributed by atoms with van der Waals surface area (Å²) in [4.78, 5) is 45.7. The van der Waals surface area contributed by atoms with Gasteiger partial charge < -0.3 is 35.2 Å². The Labute approximate surface area is 188 Å². The van der Waals surface area contributed by atoms with Gasteiger partial charge in [-0.15, -0.1) is 6.42 Å². The predicted molar refractivity (Wildman–Crippen MR) is 107 cm³/mol. The molecule has 1 aliphatic heterocycles. The van der Waals surface area contributed by atoms with Crippen LogP contribution in [0.4, 0.5) is 5.95 Å². The highest BCUT2D eigenvalue weighted by Crippen LogP contribution is 2.66. The van der Waals surface area contributed by atoms with Crippen molar-refractivity contribution in [3.63, 3.8) is 0 Å². The van der Waals surface area contributed by atoms with Crippen LogP contribution in [0.5, 0.6) is 0 Å². The highest BCUT2D eigenvalue weighted by molar-refractivity contribution is 7.66. The molecule has 0 amide bonds. The van der Waals surface area contributed by atoms with E-state index in [9.17, 15) is 28.6 Å². The lowest BCUT2D eigenvalue weighted by Crippen LogP contribution is -2.41. The zero-order valence-electron chi connectivity index (χ0n) is 15.9. The van der Waals surface area contributed by atoms with Crippen molar-refractivity contribution in [1.82, 2.24) is 19.5 Å². The van der Waals surface area contributed by atoms with Crippen molar-refractivity contribution in [2.24, 2.45) is 0 Å². The molecular weight excluding hydrogens is 535 g/mol. The minimum Gasteiger partial charge on any atom is -0.387 e. The third-order valence-corrected chi connectivity index (χ3v) is 8.39. The predicted octanol–water partition coefficient (Wildman–Crippen LogP) is -0.379. The van der Waals surface area contributed by atoms with Crippen LogP contribution in [0.25, 0.3) is 11.2 Å². The van der Waals surface area contributed by atoms with Gasteiger partial charge in [-0.2, -0.15) is 13.6 Å². The van der Waals surface area contributed by atoms with Gasteiger partial charge in [-0.05, 0) is 0 Å². The van der Waals surface area contributed by atoms with Crippen molar-refractivity contribution in [3.05, 3.63) is 12.5 Å². The van der Waals surface area contributed by atoms with E-state index < -0.39 is 53.4 Å². The maximum absolute atomic E-state index is 11.9. The Kier molecular flexibility index (Phi) is 7.09. The second kappa shape index (κ2) is 8.95. The smallest absolute Gasteiger partial charge is 0.387 e. The molecule has 1 saturated heterocycles. The first-order valence-corrected chi connectivity index (χ1v) is 13.2. The van der Waals surface area contributed by atoms with Crippen molar-refractivity contribution in [3.8, 4) is 12.3 Å². The number of aliphatic hydroxyl groups is 1. The van der Waals surface area contributed by atoms with E-state index in [0.29, 0.717) is 0 Å². The van der Waals surface area contributed by atoms with Crippen LogP contribution in [-0.4, -0.2) is 67.9 Å².